The normalized spacial score (nSPS) is 16.7. The van der Waals surface area contributed by atoms with Crippen LogP contribution >= 0.6 is 11.6 Å². The molecule has 172 valence electrons. The Morgan fingerprint density at radius 2 is 1.78 bits per heavy atom. The second-order valence-electron chi connectivity index (χ2n) is 8.10. The smallest absolute Gasteiger partial charge is 0.408 e. The van der Waals surface area contributed by atoms with Gasteiger partial charge in [0.1, 0.15) is 6.04 Å². The Balaban J connectivity index is 1.79. The fourth-order valence-electron chi connectivity index (χ4n) is 4.09. The van der Waals surface area contributed by atoms with Crippen molar-refractivity contribution in [3.05, 3.63) is 70.7 Å². The number of ether oxygens (including phenoxy) is 1. The van der Waals surface area contributed by atoms with Gasteiger partial charge < -0.3 is 15.2 Å². The van der Waals surface area contributed by atoms with E-state index in [0.717, 1.165) is 38.2 Å². The molecule has 0 spiro atoms. The summed E-state index contributed by atoms with van der Waals surface area (Å²) in [6.07, 6.45) is 1.99. The molecule has 0 saturated heterocycles. The van der Waals surface area contributed by atoms with E-state index in [1.54, 1.807) is 18.2 Å². The summed E-state index contributed by atoms with van der Waals surface area (Å²) in [5, 5.41) is 11.9. The van der Waals surface area contributed by atoms with Gasteiger partial charge in [0.2, 0.25) is 0 Å². The zero-order valence-corrected chi connectivity index (χ0v) is 18.2. The quantitative estimate of drug-likeness (QED) is 0.478. The van der Waals surface area contributed by atoms with E-state index < -0.39 is 35.7 Å². The second-order valence-corrected chi connectivity index (χ2v) is 8.54. The lowest BCUT2D eigenvalue weighted by atomic mass is 9.85. The molecular formula is C24H26ClF2NO4. The number of alkyl halides is 2. The van der Waals surface area contributed by atoms with E-state index in [9.17, 15) is 14.7 Å². The van der Waals surface area contributed by atoms with Crippen molar-refractivity contribution in [3.8, 4) is 0 Å². The summed E-state index contributed by atoms with van der Waals surface area (Å²) in [4.78, 5) is 24.3. The zero-order chi connectivity index (χ0) is 23.1. The topological polar surface area (TPSA) is 75.6 Å². The first-order valence-electron chi connectivity index (χ1n) is 10.7. The van der Waals surface area contributed by atoms with Crippen LogP contribution in [0.1, 0.15) is 55.8 Å². The van der Waals surface area contributed by atoms with E-state index in [1.165, 1.54) is 30.3 Å². The average Bonchev–Trinajstić information content (AvgIpc) is 2.78. The molecule has 0 aromatic heterocycles. The molecule has 1 unspecified atom stereocenters. The van der Waals surface area contributed by atoms with Gasteiger partial charge in [-0.2, -0.15) is 8.78 Å². The Kier molecular flexibility index (Phi) is 8.07. The van der Waals surface area contributed by atoms with E-state index in [4.69, 9.17) is 16.3 Å². The van der Waals surface area contributed by atoms with E-state index in [2.05, 4.69) is 5.32 Å². The summed E-state index contributed by atoms with van der Waals surface area (Å²) >= 11 is 5.88. The fourth-order valence-corrected chi connectivity index (χ4v) is 4.28. The van der Waals surface area contributed by atoms with Gasteiger partial charge in [-0.25, -0.2) is 9.59 Å². The number of benzene rings is 2. The lowest BCUT2D eigenvalue weighted by molar-refractivity contribution is -0.140. The Hall–Kier alpha value is -2.67. The van der Waals surface area contributed by atoms with Crippen molar-refractivity contribution in [3.63, 3.8) is 0 Å². The van der Waals surface area contributed by atoms with E-state index in [0.29, 0.717) is 0 Å². The summed E-state index contributed by atoms with van der Waals surface area (Å²) in [7, 11) is 0. The van der Waals surface area contributed by atoms with Gasteiger partial charge in [0.25, 0.3) is 0 Å². The van der Waals surface area contributed by atoms with Crippen molar-refractivity contribution in [2.45, 2.75) is 56.6 Å². The van der Waals surface area contributed by atoms with Gasteiger partial charge in [0, 0.05) is 10.6 Å². The largest absolute Gasteiger partial charge is 0.480 e. The summed E-state index contributed by atoms with van der Waals surface area (Å²) in [5.74, 6) is -4.65. The maximum atomic E-state index is 15.4. The monoisotopic (exact) mass is 465 g/mol. The highest BCUT2D eigenvalue weighted by Crippen LogP contribution is 2.43. The van der Waals surface area contributed by atoms with Gasteiger partial charge in [-0.05, 0) is 30.0 Å². The van der Waals surface area contributed by atoms with Crippen molar-refractivity contribution in [2.75, 3.05) is 0 Å². The maximum absolute atomic E-state index is 15.4. The number of alkyl carbamates (subject to hydrolysis) is 1. The van der Waals surface area contributed by atoms with Crippen molar-refractivity contribution >= 4 is 23.7 Å². The lowest BCUT2D eigenvalue weighted by Gasteiger charge is -2.29. The average molecular weight is 466 g/mol. The van der Waals surface area contributed by atoms with Crippen molar-refractivity contribution in [2.24, 2.45) is 5.92 Å². The molecule has 0 heterocycles. The predicted octanol–water partition coefficient (Wildman–Crippen LogP) is 6.32. The molecule has 2 aromatic rings. The number of aliphatic carboxylic acids is 1. The molecule has 1 aliphatic rings. The number of amides is 1. The van der Waals surface area contributed by atoms with Crippen LogP contribution in [0.4, 0.5) is 13.6 Å². The van der Waals surface area contributed by atoms with Gasteiger partial charge in [0.05, 0.1) is 0 Å². The molecule has 8 heteroatoms. The molecule has 1 fully saturated rings. The SMILES string of the molecule is O=C(N[C@@H](CC1CCCCC1)C(=O)O)OC(c1ccccc1)C(F)(F)c1cccc(Cl)c1. The van der Waals surface area contributed by atoms with Crippen molar-refractivity contribution in [1.29, 1.82) is 0 Å². The third-order valence-electron chi connectivity index (χ3n) is 5.75. The minimum atomic E-state index is -3.61. The van der Waals surface area contributed by atoms with E-state index >= 15 is 8.78 Å². The summed E-state index contributed by atoms with van der Waals surface area (Å²) < 4.78 is 36.0. The highest BCUT2D eigenvalue weighted by molar-refractivity contribution is 6.30. The molecule has 0 bridgehead atoms. The molecular weight excluding hydrogens is 440 g/mol. The molecule has 32 heavy (non-hydrogen) atoms. The first-order valence-corrected chi connectivity index (χ1v) is 11.0. The Morgan fingerprint density at radius 1 is 1.09 bits per heavy atom. The highest BCUT2D eigenvalue weighted by Gasteiger charge is 2.46. The number of carbonyl (C=O) groups excluding carboxylic acids is 1. The molecule has 5 nitrogen and oxygen atoms in total. The standard InChI is InChI=1S/C24H26ClF2NO4/c25-19-13-7-12-18(15-19)24(26,27)21(17-10-5-2-6-11-17)32-23(31)28-20(22(29)30)14-16-8-3-1-4-9-16/h2,5-7,10-13,15-16,20-21H,1,3-4,8-9,14H2,(H,28,31)(H,29,30)/t20-,21?/m0/s1. The van der Waals surface area contributed by atoms with Crippen molar-refractivity contribution < 1.29 is 28.2 Å². The van der Waals surface area contributed by atoms with Gasteiger partial charge in [0.15, 0.2) is 6.10 Å². The number of rotatable bonds is 8. The first-order chi connectivity index (χ1) is 15.3. The number of carbonyl (C=O) groups is 2. The summed E-state index contributed by atoms with van der Waals surface area (Å²) in [6.45, 7) is 0. The zero-order valence-electron chi connectivity index (χ0n) is 17.5. The number of hydrogen-bond donors (Lipinski definition) is 2. The Bertz CT molecular complexity index is 919. The molecule has 1 amide bonds. The molecule has 2 atom stereocenters. The highest BCUT2D eigenvalue weighted by atomic mass is 35.5. The van der Waals surface area contributed by atoms with Crippen molar-refractivity contribution in [1.82, 2.24) is 5.32 Å². The number of carboxylic acids is 1. The molecule has 3 rings (SSSR count). The van der Waals surface area contributed by atoms with Crippen LogP contribution in [0.3, 0.4) is 0 Å². The third kappa shape index (κ3) is 6.19. The maximum Gasteiger partial charge on any atom is 0.408 e. The lowest BCUT2D eigenvalue weighted by Crippen LogP contribution is -2.44. The van der Waals surface area contributed by atoms with Crippen LogP contribution in [-0.2, 0) is 15.5 Å². The van der Waals surface area contributed by atoms with Crippen LogP contribution in [0.15, 0.2) is 54.6 Å². The van der Waals surface area contributed by atoms with Gasteiger partial charge in [-0.3, -0.25) is 0 Å². The van der Waals surface area contributed by atoms with Crippen LogP contribution in [0.2, 0.25) is 5.02 Å². The number of hydrogen-bond acceptors (Lipinski definition) is 3. The van der Waals surface area contributed by atoms with Gasteiger partial charge >= 0.3 is 18.0 Å². The molecule has 1 saturated carbocycles. The molecule has 0 aliphatic heterocycles. The number of nitrogens with one attached hydrogen (secondary N) is 1. The first kappa shape index (κ1) is 24.0. The third-order valence-corrected chi connectivity index (χ3v) is 5.99. The van der Waals surface area contributed by atoms with E-state index in [-0.39, 0.29) is 22.9 Å². The predicted molar refractivity (Wildman–Crippen MR) is 117 cm³/mol. The number of halogens is 3. The molecule has 2 N–H and O–H groups in total. The van der Waals surface area contributed by atoms with E-state index in [1.807, 2.05) is 0 Å². The minimum absolute atomic E-state index is 0.0757. The molecule has 2 aromatic carbocycles. The number of carboxylic acid groups (broad SMARTS) is 1. The van der Waals surface area contributed by atoms with Crippen LogP contribution in [0.5, 0.6) is 0 Å². The van der Waals surface area contributed by atoms with Crippen LogP contribution < -0.4 is 5.32 Å². The second kappa shape index (κ2) is 10.8. The van der Waals surface area contributed by atoms with Crippen LogP contribution in [-0.4, -0.2) is 23.2 Å². The Morgan fingerprint density at radius 3 is 2.41 bits per heavy atom. The minimum Gasteiger partial charge on any atom is -0.480 e. The summed E-state index contributed by atoms with van der Waals surface area (Å²) in [5.41, 5.74) is -0.338. The van der Waals surface area contributed by atoms with Gasteiger partial charge in [-0.15, -0.1) is 0 Å². The fraction of sp³-hybridized carbons (Fsp3) is 0.417. The van der Waals surface area contributed by atoms with Crippen LogP contribution in [0, 0.1) is 5.92 Å². The molecule has 1 aliphatic carbocycles. The van der Waals surface area contributed by atoms with Crippen LogP contribution in [0.25, 0.3) is 0 Å². The Labute approximate surface area is 190 Å². The van der Waals surface area contributed by atoms with Gasteiger partial charge in [-0.1, -0.05) is 86.2 Å². The molecule has 0 radical (unpaired) electrons. The summed E-state index contributed by atoms with van der Waals surface area (Å²) in [6, 6.07) is 11.6.